The highest BCUT2D eigenvalue weighted by atomic mass is 28.4. The summed E-state index contributed by atoms with van der Waals surface area (Å²) in [6.45, 7) is 13.1. The molecule has 1 aromatic rings. The van der Waals surface area contributed by atoms with Gasteiger partial charge in [0.15, 0.2) is 11.5 Å². The van der Waals surface area contributed by atoms with Crippen molar-refractivity contribution in [2.75, 3.05) is 20.3 Å². The molecule has 1 saturated heterocycles. The van der Waals surface area contributed by atoms with Crippen molar-refractivity contribution >= 4 is 19.9 Å². The summed E-state index contributed by atoms with van der Waals surface area (Å²) < 4.78 is 12.2. The minimum Gasteiger partial charge on any atom is -0.540 e. The van der Waals surface area contributed by atoms with Crippen LogP contribution >= 0.6 is 0 Å². The van der Waals surface area contributed by atoms with Crippen LogP contribution in [0.1, 0.15) is 64.7 Å². The number of benzene rings is 1. The molecule has 31 heavy (non-hydrogen) atoms. The molecule has 0 aliphatic carbocycles. The lowest BCUT2D eigenvalue weighted by molar-refractivity contribution is -0.385. The van der Waals surface area contributed by atoms with E-state index in [0.717, 1.165) is 6.42 Å². The van der Waals surface area contributed by atoms with Crippen molar-refractivity contribution in [2.24, 2.45) is 0 Å². The number of aliphatic hydroxyl groups is 1. The fraction of sp³-hybridized carbons (Fsp3) is 0.682. The number of nitro benzene ring substituents is 1. The van der Waals surface area contributed by atoms with Crippen molar-refractivity contribution in [3.8, 4) is 11.5 Å². The van der Waals surface area contributed by atoms with E-state index in [4.69, 9.17) is 9.16 Å². The lowest BCUT2D eigenvalue weighted by Crippen LogP contribution is -2.50. The Hall–Kier alpha value is -2.13. The van der Waals surface area contributed by atoms with E-state index in [1.165, 1.54) is 24.1 Å². The van der Waals surface area contributed by atoms with Gasteiger partial charge in [0.2, 0.25) is 0 Å². The topological polar surface area (TPSA) is 102 Å². The van der Waals surface area contributed by atoms with E-state index in [1.54, 1.807) is 0 Å². The summed E-state index contributed by atoms with van der Waals surface area (Å²) in [6.07, 6.45) is 1.44. The van der Waals surface area contributed by atoms with Gasteiger partial charge in [-0.2, -0.15) is 0 Å². The third-order valence-electron chi connectivity index (χ3n) is 6.55. The van der Waals surface area contributed by atoms with Crippen LogP contribution in [0, 0.1) is 10.1 Å². The van der Waals surface area contributed by atoms with Crippen LogP contribution in [-0.2, 0) is 0 Å². The number of carbonyl (C=O) groups is 1. The number of amides is 1. The molecule has 0 spiro atoms. The lowest BCUT2D eigenvalue weighted by Gasteiger charge is -2.42. The number of rotatable bonds is 9. The first-order valence-electron chi connectivity index (χ1n) is 11.0. The van der Waals surface area contributed by atoms with Gasteiger partial charge in [-0.1, -0.05) is 41.5 Å². The number of nitro groups is 1. The summed E-state index contributed by atoms with van der Waals surface area (Å²) in [5.74, 6) is 0.161. The first kappa shape index (κ1) is 25.1. The summed E-state index contributed by atoms with van der Waals surface area (Å²) in [5.41, 5.74) is 0.469. The zero-order valence-corrected chi connectivity index (χ0v) is 20.7. The first-order chi connectivity index (χ1) is 14.5. The maximum absolute atomic E-state index is 13.2. The summed E-state index contributed by atoms with van der Waals surface area (Å²) in [6, 6.07) is 2.44. The lowest BCUT2D eigenvalue weighted by atomic mass is 10.1. The number of hydrogen-bond acceptors (Lipinski definition) is 6. The summed E-state index contributed by atoms with van der Waals surface area (Å²) in [4.78, 5) is 26.0. The number of likely N-dealkylation sites (tertiary alicyclic amines) is 1. The smallest absolute Gasteiger partial charge is 0.286 e. The predicted molar refractivity (Wildman–Crippen MR) is 122 cm³/mol. The quantitative estimate of drug-likeness (QED) is 0.329. The molecular formula is C22H36N2O6Si. The van der Waals surface area contributed by atoms with Gasteiger partial charge in [-0.15, -0.1) is 0 Å². The van der Waals surface area contributed by atoms with Crippen LogP contribution in [0.2, 0.25) is 16.6 Å². The van der Waals surface area contributed by atoms with Crippen LogP contribution in [0.4, 0.5) is 5.69 Å². The number of hydrogen-bond donors (Lipinski definition) is 1. The Balaban J connectivity index is 2.60. The Morgan fingerprint density at radius 2 is 1.77 bits per heavy atom. The van der Waals surface area contributed by atoms with Gasteiger partial charge in [-0.05, 0) is 29.5 Å². The molecular weight excluding hydrogens is 416 g/mol. The van der Waals surface area contributed by atoms with Crippen LogP contribution in [0.25, 0.3) is 0 Å². The molecule has 0 radical (unpaired) electrons. The molecule has 1 aliphatic rings. The third-order valence-corrected chi connectivity index (χ3v) is 12.5. The van der Waals surface area contributed by atoms with Gasteiger partial charge >= 0.3 is 0 Å². The molecule has 1 N–H and O–H groups in total. The van der Waals surface area contributed by atoms with Gasteiger partial charge in [-0.3, -0.25) is 14.9 Å². The summed E-state index contributed by atoms with van der Waals surface area (Å²) in [5, 5.41) is 21.5. The molecule has 1 aliphatic heterocycles. The molecule has 174 valence electrons. The number of carbonyl (C=O) groups excluding carboxylic acids is 1. The average Bonchev–Trinajstić information content (AvgIpc) is 3.18. The molecule has 2 rings (SSSR count). The van der Waals surface area contributed by atoms with Crippen molar-refractivity contribution in [3.63, 3.8) is 0 Å². The monoisotopic (exact) mass is 452 g/mol. The van der Waals surface area contributed by atoms with E-state index in [2.05, 4.69) is 41.5 Å². The number of nitrogens with zero attached hydrogens (tertiary/aromatic N) is 2. The number of aliphatic hydroxyl groups excluding tert-OH is 1. The number of ether oxygens (including phenoxy) is 1. The molecule has 0 aromatic heterocycles. The van der Waals surface area contributed by atoms with E-state index in [0.29, 0.717) is 24.5 Å². The van der Waals surface area contributed by atoms with Crippen molar-refractivity contribution < 1.29 is 24.0 Å². The highest BCUT2D eigenvalue weighted by molar-refractivity contribution is 6.78. The second-order valence-corrected chi connectivity index (χ2v) is 14.5. The van der Waals surface area contributed by atoms with Crippen molar-refractivity contribution in [2.45, 2.75) is 77.0 Å². The third kappa shape index (κ3) is 4.72. The zero-order valence-electron chi connectivity index (χ0n) is 19.7. The van der Waals surface area contributed by atoms with Gasteiger partial charge < -0.3 is 19.2 Å². The molecule has 1 unspecified atom stereocenters. The predicted octanol–water partition coefficient (Wildman–Crippen LogP) is 4.75. The average molecular weight is 453 g/mol. The van der Waals surface area contributed by atoms with Gasteiger partial charge in [0.1, 0.15) is 5.56 Å². The summed E-state index contributed by atoms with van der Waals surface area (Å²) in [7, 11) is -0.921. The maximum atomic E-state index is 13.2. The van der Waals surface area contributed by atoms with Gasteiger partial charge in [0.25, 0.3) is 19.9 Å². The number of methoxy groups -OCH3 is 1. The maximum Gasteiger partial charge on any atom is 0.286 e. The van der Waals surface area contributed by atoms with Gasteiger partial charge in [0, 0.05) is 12.6 Å². The first-order valence-corrected chi connectivity index (χ1v) is 13.1. The van der Waals surface area contributed by atoms with Crippen molar-refractivity contribution in [1.29, 1.82) is 0 Å². The molecule has 1 heterocycles. The fourth-order valence-electron chi connectivity index (χ4n) is 5.10. The Kier molecular flexibility index (Phi) is 8.10. The molecule has 0 bridgehead atoms. The van der Waals surface area contributed by atoms with Crippen LogP contribution in [0.5, 0.6) is 11.5 Å². The zero-order chi connectivity index (χ0) is 23.5. The Bertz CT molecular complexity index is 790. The van der Waals surface area contributed by atoms with Crippen molar-refractivity contribution in [1.82, 2.24) is 4.90 Å². The fourth-order valence-corrected chi connectivity index (χ4v) is 10.3. The normalized spacial score (nSPS) is 17.0. The SMILES string of the molecule is COc1cc(C(=O)N2CCCC2CO)c([N+](=O)[O-])cc1O[Si](C(C)C)(C(C)C)C(C)C. The highest BCUT2D eigenvalue weighted by Crippen LogP contribution is 2.46. The van der Waals surface area contributed by atoms with E-state index >= 15 is 0 Å². The molecule has 1 amide bonds. The molecule has 1 fully saturated rings. The minimum absolute atomic E-state index is 0.0412. The molecule has 9 heteroatoms. The standard InChI is InChI=1S/C22H36N2O6Si/c1-14(2)31(15(3)4,16(5)6)30-21-12-19(24(27)28)18(11-20(21)29-7)22(26)23-10-8-9-17(23)13-25/h11-12,14-17,25H,8-10,13H2,1-7H3. The van der Waals surface area contributed by atoms with E-state index in [-0.39, 0.29) is 40.5 Å². The van der Waals surface area contributed by atoms with Crippen LogP contribution < -0.4 is 9.16 Å². The largest absolute Gasteiger partial charge is 0.540 e. The van der Waals surface area contributed by atoms with Crippen molar-refractivity contribution in [3.05, 3.63) is 27.8 Å². The Morgan fingerprint density at radius 3 is 2.23 bits per heavy atom. The van der Waals surface area contributed by atoms with Crippen LogP contribution in [-0.4, -0.2) is 55.5 Å². The van der Waals surface area contributed by atoms with E-state index in [1.807, 2.05) is 0 Å². The Labute approximate surface area is 185 Å². The molecule has 8 nitrogen and oxygen atoms in total. The van der Waals surface area contributed by atoms with Gasteiger partial charge in [0.05, 0.1) is 30.7 Å². The minimum atomic E-state index is -2.39. The second-order valence-electron chi connectivity index (χ2n) is 9.17. The molecule has 1 atom stereocenters. The molecule has 1 aromatic carbocycles. The summed E-state index contributed by atoms with van der Waals surface area (Å²) >= 11 is 0. The Morgan fingerprint density at radius 1 is 1.19 bits per heavy atom. The van der Waals surface area contributed by atoms with Gasteiger partial charge in [-0.25, -0.2) is 0 Å². The molecule has 0 saturated carbocycles. The highest BCUT2D eigenvalue weighted by Gasteiger charge is 2.48. The van der Waals surface area contributed by atoms with E-state index < -0.39 is 19.1 Å². The van der Waals surface area contributed by atoms with Crippen LogP contribution in [0.15, 0.2) is 12.1 Å². The van der Waals surface area contributed by atoms with E-state index in [9.17, 15) is 20.0 Å². The second kappa shape index (κ2) is 9.99. The van der Waals surface area contributed by atoms with Crippen LogP contribution in [0.3, 0.4) is 0 Å².